The number of rotatable bonds is 2. The predicted molar refractivity (Wildman–Crippen MR) is 69.5 cm³/mol. The Bertz CT molecular complexity index is 418. The van der Waals surface area contributed by atoms with E-state index in [0.29, 0.717) is 6.54 Å². The van der Waals surface area contributed by atoms with Crippen molar-refractivity contribution in [2.75, 3.05) is 0 Å². The first-order valence-electron chi connectivity index (χ1n) is 4.31. The van der Waals surface area contributed by atoms with E-state index in [2.05, 4.69) is 35.8 Å². The van der Waals surface area contributed by atoms with E-state index in [1.165, 1.54) is 16.3 Å². The summed E-state index contributed by atoms with van der Waals surface area (Å²) >= 11 is 0. The lowest BCUT2D eigenvalue weighted by molar-refractivity contribution is 0.742. The summed E-state index contributed by atoms with van der Waals surface area (Å²) in [4.78, 5) is 0. The maximum absolute atomic E-state index is 5.25. The van der Waals surface area contributed by atoms with Crippen LogP contribution in [-0.4, -0.2) is 0 Å². The Morgan fingerprint density at radius 2 is 1.60 bits per heavy atom. The number of fused-ring (bicyclic) bond motifs is 1. The molecular weight excluding hydrogens is 231 g/mol. The van der Waals surface area contributed by atoms with Gasteiger partial charge in [0, 0.05) is 6.54 Å². The van der Waals surface area contributed by atoms with Crippen LogP contribution in [-0.2, 0) is 6.54 Å². The summed E-state index contributed by atoms with van der Waals surface area (Å²) in [6.07, 6.45) is 0. The highest BCUT2D eigenvalue weighted by Crippen LogP contribution is 2.15. The zero-order chi connectivity index (χ0) is 9.10. The van der Waals surface area contributed by atoms with Crippen molar-refractivity contribution in [2.45, 2.75) is 6.54 Å². The number of halogens is 2. The van der Waals surface area contributed by atoms with Gasteiger partial charge >= 0.3 is 0 Å². The third-order valence-electron chi connectivity index (χ3n) is 2.12. The third-order valence-corrected chi connectivity index (χ3v) is 2.12. The fraction of sp³-hybridized carbons (Fsp3) is 0.0909. The minimum absolute atomic E-state index is 0. The number of hydrazine groups is 1. The normalized spacial score (nSPS) is 9.13. The zero-order valence-corrected chi connectivity index (χ0v) is 9.78. The Morgan fingerprint density at radius 3 is 2.27 bits per heavy atom. The van der Waals surface area contributed by atoms with Crippen molar-refractivity contribution in [1.82, 2.24) is 5.43 Å². The highest BCUT2D eigenvalue weighted by Gasteiger charge is 1.93. The number of benzene rings is 2. The summed E-state index contributed by atoms with van der Waals surface area (Å²) in [5.74, 6) is 5.25. The van der Waals surface area contributed by atoms with Crippen LogP contribution in [0.3, 0.4) is 0 Å². The molecule has 2 rings (SSSR count). The van der Waals surface area contributed by atoms with Gasteiger partial charge in [-0.2, -0.15) is 0 Å². The van der Waals surface area contributed by atoms with Crippen LogP contribution in [0, 0.1) is 0 Å². The SMILES string of the molecule is Cl.Cl.NNCc1ccc2ccccc2c1. The zero-order valence-electron chi connectivity index (χ0n) is 8.14. The van der Waals surface area contributed by atoms with Gasteiger partial charge in [-0.05, 0) is 22.4 Å². The van der Waals surface area contributed by atoms with Gasteiger partial charge in [0.05, 0.1) is 0 Å². The van der Waals surface area contributed by atoms with Crippen LogP contribution in [0.2, 0.25) is 0 Å². The van der Waals surface area contributed by atoms with E-state index in [1.54, 1.807) is 0 Å². The molecular formula is C11H14Cl2N2. The number of nitrogens with one attached hydrogen (secondary N) is 1. The quantitative estimate of drug-likeness (QED) is 0.630. The van der Waals surface area contributed by atoms with Crippen molar-refractivity contribution < 1.29 is 0 Å². The Hall–Kier alpha value is -0.800. The second-order valence-corrected chi connectivity index (χ2v) is 3.06. The molecule has 3 N–H and O–H groups in total. The molecule has 0 aliphatic heterocycles. The topological polar surface area (TPSA) is 38.0 Å². The van der Waals surface area contributed by atoms with Crippen LogP contribution < -0.4 is 11.3 Å². The van der Waals surface area contributed by atoms with E-state index in [-0.39, 0.29) is 24.8 Å². The van der Waals surface area contributed by atoms with E-state index in [9.17, 15) is 0 Å². The molecule has 2 aromatic rings. The highest BCUT2D eigenvalue weighted by atomic mass is 35.5. The molecule has 0 bridgehead atoms. The molecule has 0 aliphatic rings. The molecule has 0 aliphatic carbocycles. The molecule has 0 saturated carbocycles. The van der Waals surface area contributed by atoms with Gasteiger partial charge in [-0.1, -0.05) is 36.4 Å². The van der Waals surface area contributed by atoms with E-state index in [0.717, 1.165) is 0 Å². The van der Waals surface area contributed by atoms with Crippen LogP contribution in [0.1, 0.15) is 5.56 Å². The van der Waals surface area contributed by atoms with E-state index < -0.39 is 0 Å². The first-order valence-corrected chi connectivity index (χ1v) is 4.31. The fourth-order valence-corrected chi connectivity index (χ4v) is 1.47. The highest BCUT2D eigenvalue weighted by molar-refractivity contribution is 5.85. The average molecular weight is 245 g/mol. The minimum Gasteiger partial charge on any atom is -0.271 e. The van der Waals surface area contributed by atoms with Crippen LogP contribution in [0.4, 0.5) is 0 Å². The first kappa shape index (κ1) is 14.2. The molecule has 0 atom stereocenters. The molecule has 0 aromatic heterocycles. The standard InChI is InChI=1S/C11H12N2.2ClH/c12-13-8-9-5-6-10-3-1-2-4-11(10)7-9;;/h1-7,13H,8,12H2;2*1H. The van der Waals surface area contributed by atoms with Crippen LogP contribution >= 0.6 is 24.8 Å². The molecule has 15 heavy (non-hydrogen) atoms. The molecule has 0 unspecified atom stereocenters. The lowest BCUT2D eigenvalue weighted by atomic mass is 10.1. The third kappa shape index (κ3) is 3.36. The van der Waals surface area contributed by atoms with Gasteiger partial charge in [0.25, 0.3) is 0 Å². The van der Waals surface area contributed by atoms with Crippen molar-refractivity contribution in [2.24, 2.45) is 5.84 Å². The van der Waals surface area contributed by atoms with Crippen LogP contribution in [0.15, 0.2) is 42.5 Å². The van der Waals surface area contributed by atoms with E-state index >= 15 is 0 Å². The Labute approximate surface area is 102 Å². The second kappa shape index (κ2) is 6.64. The summed E-state index contributed by atoms with van der Waals surface area (Å²) in [7, 11) is 0. The fourth-order valence-electron chi connectivity index (χ4n) is 1.47. The van der Waals surface area contributed by atoms with E-state index in [4.69, 9.17) is 5.84 Å². The van der Waals surface area contributed by atoms with Crippen molar-refractivity contribution in [3.8, 4) is 0 Å². The Morgan fingerprint density at radius 1 is 0.933 bits per heavy atom. The molecule has 2 aromatic carbocycles. The van der Waals surface area contributed by atoms with Crippen molar-refractivity contribution in [1.29, 1.82) is 0 Å². The first-order chi connectivity index (χ1) is 6.40. The largest absolute Gasteiger partial charge is 0.271 e. The van der Waals surface area contributed by atoms with Gasteiger partial charge < -0.3 is 0 Å². The van der Waals surface area contributed by atoms with Crippen molar-refractivity contribution in [3.63, 3.8) is 0 Å². The molecule has 0 radical (unpaired) electrons. The lowest BCUT2D eigenvalue weighted by Gasteiger charge is -2.02. The van der Waals surface area contributed by atoms with Gasteiger partial charge in [0.15, 0.2) is 0 Å². The average Bonchev–Trinajstić information content (AvgIpc) is 2.18. The summed E-state index contributed by atoms with van der Waals surface area (Å²) in [5.41, 5.74) is 3.86. The lowest BCUT2D eigenvalue weighted by Crippen LogP contribution is -2.20. The van der Waals surface area contributed by atoms with Crippen molar-refractivity contribution >= 4 is 35.6 Å². The van der Waals surface area contributed by atoms with Gasteiger partial charge in [-0.15, -0.1) is 24.8 Å². The Kier molecular flexibility index (Phi) is 6.29. The number of hydrogen-bond donors (Lipinski definition) is 2. The van der Waals surface area contributed by atoms with Gasteiger partial charge in [-0.25, -0.2) is 0 Å². The molecule has 4 heteroatoms. The van der Waals surface area contributed by atoms with Gasteiger partial charge in [0.1, 0.15) is 0 Å². The monoisotopic (exact) mass is 244 g/mol. The van der Waals surface area contributed by atoms with Crippen LogP contribution in [0.5, 0.6) is 0 Å². The molecule has 0 saturated heterocycles. The second-order valence-electron chi connectivity index (χ2n) is 3.06. The molecule has 82 valence electrons. The maximum atomic E-state index is 5.25. The van der Waals surface area contributed by atoms with Crippen LogP contribution in [0.25, 0.3) is 10.8 Å². The molecule has 0 heterocycles. The summed E-state index contributed by atoms with van der Waals surface area (Å²) in [6, 6.07) is 14.6. The van der Waals surface area contributed by atoms with Gasteiger partial charge in [-0.3, -0.25) is 11.3 Å². The van der Waals surface area contributed by atoms with E-state index in [1.807, 2.05) is 12.1 Å². The summed E-state index contributed by atoms with van der Waals surface area (Å²) in [6.45, 7) is 0.713. The minimum atomic E-state index is 0. The molecule has 0 amide bonds. The number of hydrogen-bond acceptors (Lipinski definition) is 2. The smallest absolute Gasteiger partial charge is 0.0348 e. The summed E-state index contributed by atoms with van der Waals surface area (Å²) in [5, 5.41) is 2.53. The Balaban J connectivity index is 0.000000980. The van der Waals surface area contributed by atoms with Gasteiger partial charge in [0.2, 0.25) is 0 Å². The number of nitrogens with two attached hydrogens (primary N) is 1. The molecule has 0 spiro atoms. The predicted octanol–water partition coefficient (Wildman–Crippen LogP) is 2.65. The maximum Gasteiger partial charge on any atom is 0.0348 e. The molecule has 0 fully saturated rings. The molecule has 2 nitrogen and oxygen atoms in total. The summed E-state index contributed by atoms with van der Waals surface area (Å²) < 4.78 is 0. The van der Waals surface area contributed by atoms with Crippen molar-refractivity contribution in [3.05, 3.63) is 48.0 Å².